The SMILES string of the molecule is NCCn1nnnc1-c1ccncn1. The number of rotatable bonds is 3. The minimum atomic E-state index is 0.489. The summed E-state index contributed by atoms with van der Waals surface area (Å²) in [6.07, 6.45) is 3.10. The lowest BCUT2D eigenvalue weighted by molar-refractivity contribution is 0.602. The van der Waals surface area contributed by atoms with Gasteiger partial charge in [-0.1, -0.05) is 0 Å². The molecule has 0 aromatic carbocycles. The van der Waals surface area contributed by atoms with Gasteiger partial charge in [0, 0.05) is 12.7 Å². The average Bonchev–Trinajstić information content (AvgIpc) is 2.68. The van der Waals surface area contributed by atoms with Crippen LogP contribution in [0.25, 0.3) is 11.5 Å². The fourth-order valence-electron chi connectivity index (χ4n) is 1.08. The van der Waals surface area contributed by atoms with Gasteiger partial charge in [0.25, 0.3) is 0 Å². The molecule has 14 heavy (non-hydrogen) atoms. The smallest absolute Gasteiger partial charge is 0.200 e. The van der Waals surface area contributed by atoms with Crippen molar-refractivity contribution in [3.63, 3.8) is 0 Å². The topological polar surface area (TPSA) is 95.4 Å². The lowest BCUT2D eigenvalue weighted by Gasteiger charge is -2.00. The van der Waals surface area contributed by atoms with Gasteiger partial charge in [-0.05, 0) is 16.5 Å². The molecule has 7 heteroatoms. The van der Waals surface area contributed by atoms with E-state index >= 15 is 0 Å². The van der Waals surface area contributed by atoms with Gasteiger partial charge in [0.15, 0.2) is 0 Å². The molecule has 0 atom stereocenters. The summed E-state index contributed by atoms with van der Waals surface area (Å²) in [5.41, 5.74) is 6.11. The van der Waals surface area contributed by atoms with E-state index in [1.807, 2.05) is 0 Å². The van der Waals surface area contributed by atoms with Crippen molar-refractivity contribution >= 4 is 0 Å². The van der Waals surface area contributed by atoms with E-state index in [1.165, 1.54) is 6.33 Å². The lowest BCUT2D eigenvalue weighted by Crippen LogP contribution is -2.12. The molecule has 0 aliphatic carbocycles. The van der Waals surface area contributed by atoms with Gasteiger partial charge in [0.2, 0.25) is 5.82 Å². The van der Waals surface area contributed by atoms with Crippen LogP contribution in [0, 0.1) is 0 Å². The number of hydrogen-bond acceptors (Lipinski definition) is 6. The molecule has 0 bridgehead atoms. The van der Waals surface area contributed by atoms with Crippen molar-refractivity contribution in [2.24, 2.45) is 5.73 Å². The highest BCUT2D eigenvalue weighted by Crippen LogP contribution is 2.09. The molecule has 72 valence electrons. The second kappa shape index (κ2) is 3.88. The van der Waals surface area contributed by atoms with Gasteiger partial charge in [-0.15, -0.1) is 5.10 Å². The first-order chi connectivity index (χ1) is 6.92. The fourth-order valence-corrected chi connectivity index (χ4v) is 1.08. The van der Waals surface area contributed by atoms with Crippen molar-refractivity contribution in [1.82, 2.24) is 30.2 Å². The summed E-state index contributed by atoms with van der Waals surface area (Å²) in [6.45, 7) is 1.06. The summed E-state index contributed by atoms with van der Waals surface area (Å²) >= 11 is 0. The molecule has 2 aromatic heterocycles. The second-order valence-electron chi connectivity index (χ2n) is 2.61. The van der Waals surface area contributed by atoms with Crippen molar-refractivity contribution in [3.05, 3.63) is 18.6 Å². The average molecular weight is 191 g/mol. The van der Waals surface area contributed by atoms with Gasteiger partial charge < -0.3 is 5.73 Å². The molecule has 0 saturated carbocycles. The zero-order valence-electron chi connectivity index (χ0n) is 7.41. The maximum Gasteiger partial charge on any atom is 0.200 e. The van der Waals surface area contributed by atoms with E-state index in [-0.39, 0.29) is 0 Å². The highest BCUT2D eigenvalue weighted by Gasteiger charge is 2.08. The molecule has 0 amide bonds. The van der Waals surface area contributed by atoms with Crippen LogP contribution in [0.5, 0.6) is 0 Å². The number of tetrazole rings is 1. The number of hydrogen-bond donors (Lipinski definition) is 1. The Hall–Kier alpha value is -1.89. The van der Waals surface area contributed by atoms with Gasteiger partial charge >= 0.3 is 0 Å². The van der Waals surface area contributed by atoms with Crippen LogP contribution in [0.15, 0.2) is 18.6 Å². The molecule has 0 fully saturated rings. The van der Waals surface area contributed by atoms with Crippen LogP contribution in [-0.2, 0) is 6.54 Å². The quantitative estimate of drug-likeness (QED) is 0.674. The second-order valence-corrected chi connectivity index (χ2v) is 2.61. The van der Waals surface area contributed by atoms with E-state index in [9.17, 15) is 0 Å². The first kappa shape index (κ1) is 8.70. The van der Waals surface area contributed by atoms with Crippen molar-refractivity contribution in [1.29, 1.82) is 0 Å². The van der Waals surface area contributed by atoms with Gasteiger partial charge in [-0.3, -0.25) is 0 Å². The molecule has 0 unspecified atom stereocenters. The Morgan fingerprint density at radius 1 is 1.43 bits per heavy atom. The molecule has 2 heterocycles. The molecule has 0 saturated heterocycles. The molecule has 2 N–H and O–H groups in total. The predicted octanol–water partition coefficient (Wildman–Crippen LogP) is -0.911. The van der Waals surface area contributed by atoms with E-state index in [0.29, 0.717) is 24.6 Å². The summed E-state index contributed by atoms with van der Waals surface area (Å²) in [5.74, 6) is 0.609. The first-order valence-electron chi connectivity index (χ1n) is 4.14. The van der Waals surface area contributed by atoms with E-state index < -0.39 is 0 Å². The van der Waals surface area contributed by atoms with Crippen molar-refractivity contribution < 1.29 is 0 Å². The number of aromatic nitrogens is 6. The van der Waals surface area contributed by atoms with Gasteiger partial charge in [0.1, 0.15) is 12.0 Å². The Kier molecular flexibility index (Phi) is 2.41. The van der Waals surface area contributed by atoms with E-state index in [1.54, 1.807) is 16.9 Å². The third-order valence-electron chi connectivity index (χ3n) is 1.68. The monoisotopic (exact) mass is 191 g/mol. The Bertz CT molecular complexity index is 395. The van der Waals surface area contributed by atoms with Gasteiger partial charge in [-0.2, -0.15) is 0 Å². The molecular formula is C7H9N7. The number of nitrogens with zero attached hydrogens (tertiary/aromatic N) is 6. The maximum atomic E-state index is 5.42. The third-order valence-corrected chi connectivity index (χ3v) is 1.68. The largest absolute Gasteiger partial charge is 0.329 e. The number of nitrogens with two attached hydrogens (primary N) is 1. The summed E-state index contributed by atoms with van der Waals surface area (Å²) in [6, 6.07) is 1.75. The summed E-state index contributed by atoms with van der Waals surface area (Å²) in [5, 5.41) is 11.2. The van der Waals surface area contributed by atoms with E-state index in [0.717, 1.165) is 0 Å². The minimum Gasteiger partial charge on any atom is -0.329 e. The highest BCUT2D eigenvalue weighted by atomic mass is 15.5. The molecule has 0 aliphatic heterocycles. The van der Waals surface area contributed by atoms with Gasteiger partial charge in [0.05, 0.1) is 6.54 Å². The molecule has 7 nitrogen and oxygen atoms in total. The highest BCUT2D eigenvalue weighted by molar-refractivity contribution is 5.46. The Morgan fingerprint density at radius 2 is 2.36 bits per heavy atom. The van der Waals surface area contributed by atoms with Crippen molar-refractivity contribution in [3.8, 4) is 11.5 Å². The molecule has 0 spiro atoms. The normalized spacial score (nSPS) is 10.4. The van der Waals surface area contributed by atoms with Crippen LogP contribution in [-0.4, -0.2) is 36.7 Å². The standard InChI is InChI=1S/C7H9N7/c8-2-4-14-7(11-12-13-14)6-1-3-9-5-10-6/h1,3,5H,2,4,8H2. The summed E-state index contributed by atoms with van der Waals surface area (Å²) in [4.78, 5) is 7.87. The molecular weight excluding hydrogens is 182 g/mol. The van der Waals surface area contributed by atoms with Crippen LogP contribution in [0.3, 0.4) is 0 Å². The van der Waals surface area contributed by atoms with Crippen molar-refractivity contribution in [2.45, 2.75) is 6.54 Å². The first-order valence-corrected chi connectivity index (χ1v) is 4.14. The summed E-state index contributed by atoms with van der Waals surface area (Å²) < 4.78 is 1.61. The predicted molar refractivity (Wildman–Crippen MR) is 47.9 cm³/mol. The van der Waals surface area contributed by atoms with Crippen LogP contribution in [0.1, 0.15) is 0 Å². The molecule has 2 rings (SSSR count). The zero-order chi connectivity index (χ0) is 9.80. The van der Waals surface area contributed by atoms with Crippen LogP contribution in [0.4, 0.5) is 0 Å². The Balaban J connectivity index is 2.37. The van der Waals surface area contributed by atoms with Crippen LogP contribution < -0.4 is 5.73 Å². The third kappa shape index (κ3) is 1.57. The fraction of sp³-hybridized carbons (Fsp3) is 0.286. The van der Waals surface area contributed by atoms with Gasteiger partial charge in [-0.25, -0.2) is 14.6 Å². The minimum absolute atomic E-state index is 0.489. The maximum absolute atomic E-state index is 5.42. The van der Waals surface area contributed by atoms with Crippen LogP contribution >= 0.6 is 0 Å². The lowest BCUT2D eigenvalue weighted by atomic mass is 10.4. The van der Waals surface area contributed by atoms with Crippen molar-refractivity contribution in [2.75, 3.05) is 6.54 Å². The molecule has 2 aromatic rings. The molecule has 0 aliphatic rings. The van der Waals surface area contributed by atoms with E-state index in [4.69, 9.17) is 5.73 Å². The zero-order valence-corrected chi connectivity index (χ0v) is 7.41. The summed E-state index contributed by atoms with van der Waals surface area (Å²) in [7, 11) is 0. The van der Waals surface area contributed by atoms with Crippen LogP contribution in [0.2, 0.25) is 0 Å². The Labute approximate surface area is 80.0 Å². The Morgan fingerprint density at radius 3 is 3.07 bits per heavy atom. The van der Waals surface area contributed by atoms with E-state index in [2.05, 4.69) is 25.5 Å². The molecule has 0 radical (unpaired) electrons.